The Kier molecular flexibility index (Phi) is 4.38. The summed E-state index contributed by atoms with van der Waals surface area (Å²) < 4.78 is 0. The standard InChI is InChI=1S/C12H16P2S3/c1-13(15)9-12(10-14(2,16)17-13)8-11-6-4-3-5-7-11/h3-8H,9-10H2,1-2H3. The number of hydrogen-bond acceptors (Lipinski definition) is 3. The summed E-state index contributed by atoms with van der Waals surface area (Å²) in [6, 6.07) is 10.5. The summed E-state index contributed by atoms with van der Waals surface area (Å²) >= 11 is 13.4. The van der Waals surface area contributed by atoms with E-state index in [0.29, 0.717) is 0 Å². The Morgan fingerprint density at radius 3 is 2.12 bits per heavy atom. The van der Waals surface area contributed by atoms with Crippen molar-refractivity contribution < 1.29 is 0 Å². The van der Waals surface area contributed by atoms with Crippen molar-refractivity contribution in [3.05, 3.63) is 41.5 Å². The summed E-state index contributed by atoms with van der Waals surface area (Å²) in [4.78, 5) is 0. The van der Waals surface area contributed by atoms with Crippen LogP contribution in [-0.2, 0) is 23.6 Å². The lowest BCUT2D eigenvalue weighted by atomic mass is 10.1. The summed E-state index contributed by atoms with van der Waals surface area (Å²) in [5, 5.41) is -2.55. The molecule has 1 aromatic carbocycles. The van der Waals surface area contributed by atoms with E-state index in [1.807, 2.05) is 17.1 Å². The number of hydrogen-bond donors (Lipinski definition) is 0. The van der Waals surface area contributed by atoms with Crippen LogP contribution < -0.4 is 0 Å². The van der Waals surface area contributed by atoms with E-state index in [0.717, 1.165) is 12.3 Å². The highest BCUT2D eigenvalue weighted by atomic mass is 33.2. The second-order valence-electron chi connectivity index (χ2n) is 4.64. The molecule has 0 amide bonds. The molecule has 5 heteroatoms. The van der Waals surface area contributed by atoms with Crippen molar-refractivity contribution in [2.75, 3.05) is 25.7 Å². The third-order valence-corrected chi connectivity index (χ3v) is 18.6. The van der Waals surface area contributed by atoms with E-state index in [2.05, 4.69) is 43.7 Å². The summed E-state index contributed by atoms with van der Waals surface area (Å²) in [6.07, 6.45) is 4.48. The molecule has 0 spiro atoms. The molecular formula is C12H16P2S3. The zero-order valence-corrected chi connectivity index (χ0v) is 14.2. The van der Waals surface area contributed by atoms with Crippen LogP contribution in [0.3, 0.4) is 0 Å². The first kappa shape index (κ1) is 14.0. The Labute approximate surface area is 118 Å². The van der Waals surface area contributed by atoms with Crippen molar-refractivity contribution in [1.29, 1.82) is 0 Å². The van der Waals surface area contributed by atoms with Crippen molar-refractivity contribution in [1.82, 2.24) is 0 Å². The van der Waals surface area contributed by atoms with Gasteiger partial charge in [-0.3, -0.25) is 0 Å². The molecule has 0 aromatic heterocycles. The molecule has 2 atom stereocenters. The average molecular weight is 318 g/mol. The van der Waals surface area contributed by atoms with E-state index < -0.39 is 10.5 Å². The lowest BCUT2D eigenvalue weighted by Crippen LogP contribution is -2.02. The van der Waals surface area contributed by atoms with Gasteiger partial charge in [0, 0.05) is 22.8 Å². The Morgan fingerprint density at radius 2 is 1.59 bits per heavy atom. The van der Waals surface area contributed by atoms with Gasteiger partial charge >= 0.3 is 0 Å². The van der Waals surface area contributed by atoms with Gasteiger partial charge in [-0.1, -0.05) is 76.6 Å². The van der Waals surface area contributed by atoms with Crippen LogP contribution in [-0.4, -0.2) is 25.7 Å². The summed E-state index contributed by atoms with van der Waals surface area (Å²) in [5.41, 5.74) is 2.76. The Bertz CT molecular complexity index is 508. The number of rotatable bonds is 1. The first-order chi connectivity index (χ1) is 7.86. The predicted molar refractivity (Wildman–Crippen MR) is 92.2 cm³/mol. The van der Waals surface area contributed by atoms with Gasteiger partial charge in [-0.15, -0.1) is 0 Å². The molecule has 0 aliphatic carbocycles. The summed E-state index contributed by atoms with van der Waals surface area (Å²) in [6.45, 7) is 4.49. The van der Waals surface area contributed by atoms with Crippen LogP contribution >= 0.6 is 21.5 Å². The molecule has 1 saturated heterocycles. The zero-order chi connectivity index (χ0) is 12.5. The molecule has 92 valence electrons. The molecule has 1 aliphatic heterocycles. The molecule has 0 N–H and O–H groups in total. The molecular weight excluding hydrogens is 302 g/mol. The fourth-order valence-corrected chi connectivity index (χ4v) is 26.2. The van der Waals surface area contributed by atoms with Gasteiger partial charge in [0.25, 0.3) is 0 Å². The van der Waals surface area contributed by atoms with Crippen molar-refractivity contribution in [3.8, 4) is 0 Å². The van der Waals surface area contributed by atoms with Crippen molar-refractivity contribution in [3.63, 3.8) is 0 Å². The van der Waals surface area contributed by atoms with E-state index in [-0.39, 0.29) is 0 Å². The van der Waals surface area contributed by atoms with Crippen LogP contribution in [0.5, 0.6) is 0 Å². The molecule has 2 unspecified atom stereocenters. The van der Waals surface area contributed by atoms with Crippen molar-refractivity contribution >= 4 is 51.2 Å². The van der Waals surface area contributed by atoms with Crippen molar-refractivity contribution in [2.24, 2.45) is 0 Å². The van der Waals surface area contributed by atoms with Crippen LogP contribution in [0, 0.1) is 0 Å². The van der Waals surface area contributed by atoms with Gasteiger partial charge in [-0.2, -0.15) is 0 Å². The normalized spacial score (nSPS) is 33.4. The molecule has 17 heavy (non-hydrogen) atoms. The second-order valence-corrected chi connectivity index (χ2v) is 22.5. The van der Waals surface area contributed by atoms with E-state index in [9.17, 15) is 0 Å². The van der Waals surface area contributed by atoms with E-state index in [4.69, 9.17) is 23.6 Å². The molecule has 1 heterocycles. The number of allylic oxidation sites excluding steroid dienone is 1. The molecule has 1 aromatic rings. The molecule has 0 saturated carbocycles. The predicted octanol–water partition coefficient (Wildman–Crippen LogP) is 4.87. The highest BCUT2D eigenvalue weighted by Crippen LogP contribution is 2.79. The van der Waals surface area contributed by atoms with Crippen molar-refractivity contribution in [2.45, 2.75) is 0 Å². The fourth-order valence-electron chi connectivity index (χ4n) is 2.09. The average Bonchev–Trinajstić information content (AvgIpc) is 2.13. The maximum absolute atomic E-state index is 5.73. The first-order valence-corrected chi connectivity index (χ1v) is 14.3. The Morgan fingerprint density at radius 1 is 1.06 bits per heavy atom. The van der Waals surface area contributed by atoms with Gasteiger partial charge in [0.1, 0.15) is 0 Å². The molecule has 0 bridgehead atoms. The Balaban J connectivity index is 2.31. The Hall–Kier alpha value is 0.610. The number of benzene rings is 1. The van der Waals surface area contributed by atoms with Gasteiger partial charge < -0.3 is 0 Å². The van der Waals surface area contributed by atoms with Crippen LogP contribution in [0.25, 0.3) is 6.08 Å². The summed E-state index contributed by atoms with van der Waals surface area (Å²) in [5.74, 6) is 0. The van der Waals surface area contributed by atoms with Gasteiger partial charge in [0.2, 0.25) is 0 Å². The fraction of sp³-hybridized carbons (Fsp3) is 0.333. The molecule has 0 radical (unpaired) electrons. The minimum atomic E-state index is -1.27. The maximum atomic E-state index is 5.73. The van der Waals surface area contributed by atoms with Crippen LogP contribution in [0.1, 0.15) is 5.56 Å². The molecule has 0 nitrogen and oxygen atoms in total. The van der Waals surface area contributed by atoms with E-state index in [1.165, 1.54) is 11.1 Å². The zero-order valence-electron chi connectivity index (χ0n) is 10.00. The third kappa shape index (κ3) is 4.33. The highest BCUT2D eigenvalue weighted by molar-refractivity contribution is 8.99. The van der Waals surface area contributed by atoms with E-state index >= 15 is 0 Å². The molecule has 2 rings (SSSR count). The third-order valence-electron chi connectivity index (χ3n) is 2.50. The van der Waals surface area contributed by atoms with Crippen LogP contribution in [0.15, 0.2) is 35.9 Å². The van der Waals surface area contributed by atoms with Crippen LogP contribution in [0.4, 0.5) is 0 Å². The first-order valence-electron chi connectivity index (χ1n) is 5.45. The SMILES string of the molecule is CP1(=S)CC(=Cc2ccccc2)CP(C)(=S)S1. The second kappa shape index (κ2) is 5.31. The highest BCUT2D eigenvalue weighted by Gasteiger charge is 2.29. The van der Waals surface area contributed by atoms with Crippen LogP contribution in [0.2, 0.25) is 0 Å². The topological polar surface area (TPSA) is 0 Å². The van der Waals surface area contributed by atoms with Gasteiger partial charge in [0.15, 0.2) is 0 Å². The minimum absolute atomic E-state index is 1.09. The monoisotopic (exact) mass is 318 g/mol. The lowest BCUT2D eigenvalue weighted by molar-refractivity contribution is 1.43. The van der Waals surface area contributed by atoms with Gasteiger partial charge in [-0.05, 0) is 18.9 Å². The van der Waals surface area contributed by atoms with Gasteiger partial charge in [-0.25, -0.2) is 0 Å². The molecule has 1 fully saturated rings. The molecule has 1 aliphatic rings. The smallest absolute Gasteiger partial charge is 0.0128 e. The largest absolute Gasteiger partial charge is 0.0863 e. The maximum Gasteiger partial charge on any atom is 0.0128 e. The van der Waals surface area contributed by atoms with Gasteiger partial charge in [0.05, 0.1) is 0 Å². The summed E-state index contributed by atoms with van der Waals surface area (Å²) in [7, 11) is 0. The quantitative estimate of drug-likeness (QED) is 0.678. The minimum Gasteiger partial charge on any atom is -0.0863 e. The lowest BCUT2D eigenvalue weighted by Gasteiger charge is -2.31. The van der Waals surface area contributed by atoms with E-state index in [1.54, 1.807) is 0 Å².